The van der Waals surface area contributed by atoms with Crippen molar-refractivity contribution in [2.24, 2.45) is 11.3 Å². The zero-order valence-corrected chi connectivity index (χ0v) is 35.4. The molecule has 1 amide bonds. The number of nitro groups is 1. The number of hydrogen-bond donors (Lipinski definition) is 2. The maximum atomic E-state index is 13.8. The highest BCUT2D eigenvalue weighted by molar-refractivity contribution is 7.98. The van der Waals surface area contributed by atoms with Gasteiger partial charge in [-0.1, -0.05) is 31.6 Å². The van der Waals surface area contributed by atoms with Crippen molar-refractivity contribution in [2.75, 3.05) is 57.4 Å². The fraction of sp³-hybridized carbons (Fsp3) is 0.391. The Morgan fingerprint density at radius 1 is 1.02 bits per heavy atom. The first-order chi connectivity index (χ1) is 29.8. The van der Waals surface area contributed by atoms with E-state index in [1.54, 1.807) is 42.7 Å². The lowest BCUT2D eigenvalue weighted by molar-refractivity contribution is -0.386. The molecule has 2 fully saturated rings. The number of nitrogens with zero attached hydrogens (tertiary/aromatic N) is 4. The Bertz CT molecular complexity index is 2440. The number of benzene rings is 3. The molecule has 0 unspecified atom stereocenters. The molecule has 8 rings (SSSR count). The number of halogens is 3. The molecule has 3 aliphatic rings. The van der Waals surface area contributed by atoms with E-state index in [2.05, 4.69) is 38.3 Å². The van der Waals surface area contributed by atoms with Crippen LogP contribution in [-0.4, -0.2) is 78.2 Å². The summed E-state index contributed by atoms with van der Waals surface area (Å²) in [6.07, 6.45) is 3.38. The first kappa shape index (κ1) is 43.1. The summed E-state index contributed by atoms with van der Waals surface area (Å²) in [5.41, 5.74) is 4.34. The number of rotatable bonds is 13. The molecular formula is C46H49F3N6O6S. The van der Waals surface area contributed by atoms with Gasteiger partial charge in [0.25, 0.3) is 5.91 Å². The van der Waals surface area contributed by atoms with Gasteiger partial charge >= 0.3 is 11.9 Å². The van der Waals surface area contributed by atoms with E-state index in [1.807, 2.05) is 24.3 Å². The predicted octanol–water partition coefficient (Wildman–Crippen LogP) is 10.3. The predicted molar refractivity (Wildman–Crippen MR) is 233 cm³/mol. The van der Waals surface area contributed by atoms with Crippen LogP contribution in [0.5, 0.6) is 17.2 Å². The summed E-state index contributed by atoms with van der Waals surface area (Å²) in [5, 5.41) is 12.9. The zero-order chi connectivity index (χ0) is 43.4. The van der Waals surface area contributed by atoms with Crippen molar-refractivity contribution in [1.29, 1.82) is 0 Å². The van der Waals surface area contributed by atoms with Crippen LogP contribution >= 0.6 is 11.9 Å². The van der Waals surface area contributed by atoms with Crippen LogP contribution in [0.1, 0.15) is 67.4 Å². The molecule has 2 aromatic heterocycles. The van der Waals surface area contributed by atoms with Gasteiger partial charge in [0.15, 0.2) is 5.75 Å². The molecule has 0 spiro atoms. The van der Waals surface area contributed by atoms with E-state index >= 15 is 0 Å². The Kier molecular flexibility index (Phi) is 12.8. The number of amides is 1. The molecule has 0 radical (unpaired) electrons. The number of carbonyl (C=O) groups is 1. The number of pyridine rings is 1. The summed E-state index contributed by atoms with van der Waals surface area (Å²) in [6.45, 7) is 9.78. The largest absolute Gasteiger partial charge is 0.487 e. The fourth-order valence-corrected chi connectivity index (χ4v) is 8.92. The third-order valence-electron chi connectivity index (χ3n) is 11.9. The van der Waals surface area contributed by atoms with E-state index in [-0.39, 0.29) is 28.3 Å². The van der Waals surface area contributed by atoms with Crippen molar-refractivity contribution in [2.45, 2.75) is 57.0 Å². The molecule has 0 bridgehead atoms. The minimum Gasteiger partial charge on any atom is -0.487 e. The molecule has 326 valence electrons. The van der Waals surface area contributed by atoms with Gasteiger partial charge in [0, 0.05) is 80.2 Å². The first-order valence-corrected chi connectivity index (χ1v) is 21.7. The van der Waals surface area contributed by atoms with Crippen LogP contribution in [0.25, 0.3) is 16.6 Å². The number of H-pyrrole nitrogens is 1. The Hall–Kier alpha value is -5.58. The minimum absolute atomic E-state index is 0.0531. The summed E-state index contributed by atoms with van der Waals surface area (Å²) in [4.78, 5) is 38.0. The number of hydrogen-bond acceptors (Lipinski definition) is 10. The second-order valence-corrected chi connectivity index (χ2v) is 17.8. The van der Waals surface area contributed by atoms with Gasteiger partial charge in [-0.15, -0.1) is 0 Å². The Labute approximate surface area is 362 Å². The zero-order valence-electron chi connectivity index (χ0n) is 34.6. The van der Waals surface area contributed by atoms with Crippen LogP contribution in [0.3, 0.4) is 0 Å². The van der Waals surface area contributed by atoms with Crippen LogP contribution in [0, 0.1) is 21.4 Å². The Morgan fingerprint density at radius 3 is 2.53 bits per heavy atom. The van der Waals surface area contributed by atoms with Gasteiger partial charge < -0.3 is 24.1 Å². The van der Waals surface area contributed by atoms with Crippen molar-refractivity contribution < 1.29 is 37.1 Å². The van der Waals surface area contributed by atoms with Crippen molar-refractivity contribution in [1.82, 2.24) is 19.6 Å². The van der Waals surface area contributed by atoms with E-state index in [4.69, 9.17) is 14.2 Å². The third kappa shape index (κ3) is 10.4. The summed E-state index contributed by atoms with van der Waals surface area (Å²) < 4.78 is 60.6. The van der Waals surface area contributed by atoms with Crippen LogP contribution in [0.4, 0.5) is 24.5 Å². The number of allylic oxidation sites excluding steroid dienone is 1. The molecule has 4 heterocycles. The van der Waals surface area contributed by atoms with Crippen molar-refractivity contribution in [3.63, 3.8) is 0 Å². The van der Waals surface area contributed by atoms with E-state index in [9.17, 15) is 28.1 Å². The smallest absolute Gasteiger partial charge is 0.416 e. The van der Waals surface area contributed by atoms with E-state index < -0.39 is 22.6 Å². The average Bonchev–Trinajstić information content (AvgIpc) is 3.74. The molecule has 16 heteroatoms. The topological polar surface area (TPSA) is 135 Å². The molecule has 1 aliphatic carbocycles. The number of nitro benzene ring substituents is 1. The number of fused-ring (bicyclic) bond motifs is 1. The quantitative estimate of drug-likeness (QED) is 0.0669. The van der Waals surface area contributed by atoms with E-state index in [0.29, 0.717) is 55.0 Å². The normalized spacial score (nSPS) is 17.6. The summed E-state index contributed by atoms with van der Waals surface area (Å²) in [5.74, 6) is 0.753. The van der Waals surface area contributed by atoms with Crippen LogP contribution in [0.2, 0.25) is 0 Å². The maximum absolute atomic E-state index is 13.8. The number of alkyl halides is 3. The summed E-state index contributed by atoms with van der Waals surface area (Å²) >= 11 is 0.962. The molecule has 62 heavy (non-hydrogen) atoms. The maximum Gasteiger partial charge on any atom is 0.416 e. The molecular weight excluding hydrogens is 822 g/mol. The third-order valence-corrected chi connectivity index (χ3v) is 12.7. The second-order valence-electron chi connectivity index (χ2n) is 16.9. The first-order valence-electron chi connectivity index (χ1n) is 20.8. The second kappa shape index (κ2) is 18.4. The lowest BCUT2D eigenvalue weighted by Crippen LogP contribution is -2.47. The van der Waals surface area contributed by atoms with Gasteiger partial charge in [-0.3, -0.25) is 24.5 Å². The van der Waals surface area contributed by atoms with Crippen molar-refractivity contribution in [3.8, 4) is 17.2 Å². The van der Waals surface area contributed by atoms with Gasteiger partial charge in [-0.25, -0.2) is 4.98 Å². The molecule has 0 saturated carbocycles. The average molecular weight is 871 g/mol. The fourth-order valence-electron chi connectivity index (χ4n) is 8.30. The highest BCUT2D eigenvalue weighted by Crippen LogP contribution is 2.44. The number of nitrogens with one attached hydrogen (secondary N) is 2. The molecule has 0 atom stereocenters. The number of anilines is 1. The molecule has 5 aromatic rings. The van der Waals surface area contributed by atoms with Crippen molar-refractivity contribution >= 4 is 45.8 Å². The Balaban J connectivity index is 0.966. The van der Waals surface area contributed by atoms with Gasteiger partial charge in [-0.05, 0) is 115 Å². The highest BCUT2D eigenvalue weighted by atomic mass is 32.2. The number of aromatic nitrogens is 2. The number of ether oxygens (including phenoxy) is 3. The number of carbonyl (C=O) groups excluding carboxylic acids is 1. The van der Waals surface area contributed by atoms with Gasteiger partial charge in [0.1, 0.15) is 17.1 Å². The van der Waals surface area contributed by atoms with Crippen LogP contribution < -0.4 is 19.1 Å². The van der Waals surface area contributed by atoms with Gasteiger partial charge in [0.2, 0.25) is 0 Å². The van der Waals surface area contributed by atoms with E-state index in [0.717, 1.165) is 85.9 Å². The summed E-state index contributed by atoms with van der Waals surface area (Å²) in [6, 6.07) is 19.4. The monoisotopic (exact) mass is 870 g/mol. The standard InChI is InChI=1S/C46H49F3N6O6S/c1-45(2)15-11-33(39(26-45)31-3-5-34(6-4-31)46(47,48)49)28-53-17-19-54(20-18-53)35-7-9-38(42(24-35)61-36-23-32-12-16-50-43(32)51-27-36)44(56)52-62-37-8-10-41(40(25-37)55(57)58)60-29-30-13-21-59-22-14-30/h3-10,12,16,23-25,27,30H,11,13-15,17-22,26,28-29H2,1-2H3,(H,50,51)(H,52,56). The van der Waals surface area contributed by atoms with Crippen LogP contribution in [0.15, 0.2) is 95.7 Å². The molecule has 2 saturated heterocycles. The molecule has 2 N–H and O–H groups in total. The number of aromatic amines is 1. The van der Waals surface area contributed by atoms with Gasteiger partial charge in [0.05, 0.1) is 28.9 Å². The van der Waals surface area contributed by atoms with E-state index in [1.165, 1.54) is 23.8 Å². The molecule has 12 nitrogen and oxygen atoms in total. The number of piperazine rings is 1. The minimum atomic E-state index is -4.38. The van der Waals surface area contributed by atoms with Crippen molar-refractivity contribution in [3.05, 3.63) is 118 Å². The molecule has 3 aromatic carbocycles. The lowest BCUT2D eigenvalue weighted by Gasteiger charge is -2.39. The van der Waals surface area contributed by atoms with Crippen LogP contribution in [-0.2, 0) is 10.9 Å². The summed E-state index contributed by atoms with van der Waals surface area (Å²) in [7, 11) is 0. The SMILES string of the molecule is CC1(C)CCC(CN2CCN(c3ccc(C(=O)NSc4ccc(OCC5CCOCC5)c([N+](=O)[O-])c4)c(Oc4cnc5[nH]ccc5c4)c3)CC2)=C(c2ccc(C(F)(F)F)cc2)C1. The highest BCUT2D eigenvalue weighted by Gasteiger charge is 2.32. The lowest BCUT2D eigenvalue weighted by atomic mass is 9.72. The molecule has 2 aliphatic heterocycles. The van der Waals surface area contributed by atoms with Gasteiger partial charge in [-0.2, -0.15) is 13.2 Å². The Morgan fingerprint density at radius 2 is 1.79 bits per heavy atom.